The second kappa shape index (κ2) is 12.4. The molecule has 45 heavy (non-hydrogen) atoms. The largest absolute Gasteiger partial charge is 0.507 e. The standard InChI is InChI=1S/C35H38O10/c1-4-5-6-7-8-9-10-11-27(38)45-33-20(3)44-25(17-24(33)36)21-12-13-22-28(30(21)39)31(40)23-14-15-34(42)18-19(2)16-26(37)35(34,43)29(23)32(22)41/h8-16,20,24-25,33,36,39,42-43H,4-7,17-18H2,1-3H3/b9-8+,11-10+/t20?,24?,25?,33?,34-,35-/m1/s1. The van der Waals surface area contributed by atoms with Crippen molar-refractivity contribution >= 4 is 23.3 Å². The number of hydrogen-bond acceptors (Lipinski definition) is 10. The van der Waals surface area contributed by atoms with Crippen molar-refractivity contribution in [3.8, 4) is 5.75 Å². The molecule has 3 aliphatic carbocycles. The Labute approximate surface area is 261 Å². The molecule has 4 N–H and O–H groups in total. The first-order valence-corrected chi connectivity index (χ1v) is 15.3. The summed E-state index contributed by atoms with van der Waals surface area (Å²) >= 11 is 0. The second-order valence-electron chi connectivity index (χ2n) is 12.2. The number of rotatable bonds is 8. The topological polar surface area (TPSA) is 168 Å². The maximum atomic E-state index is 13.7. The van der Waals surface area contributed by atoms with Crippen molar-refractivity contribution in [2.45, 2.75) is 94.9 Å². The van der Waals surface area contributed by atoms with E-state index < -0.39 is 70.3 Å². The number of aromatic hydroxyl groups is 1. The number of allylic oxidation sites excluding steroid dienone is 5. The third kappa shape index (κ3) is 5.56. The van der Waals surface area contributed by atoms with Crippen molar-refractivity contribution in [1.29, 1.82) is 0 Å². The van der Waals surface area contributed by atoms with E-state index in [-0.39, 0.29) is 35.1 Å². The molecule has 0 amide bonds. The van der Waals surface area contributed by atoms with Crippen LogP contribution in [0.5, 0.6) is 5.75 Å². The third-order valence-corrected chi connectivity index (χ3v) is 8.95. The lowest BCUT2D eigenvalue weighted by Gasteiger charge is -2.47. The van der Waals surface area contributed by atoms with Crippen LogP contribution in [0.4, 0.5) is 0 Å². The highest BCUT2D eigenvalue weighted by atomic mass is 16.6. The molecular formula is C35H38O10. The van der Waals surface area contributed by atoms with Gasteiger partial charge in [0.2, 0.25) is 0 Å². The number of hydrogen-bond donors (Lipinski definition) is 4. The number of phenols is 1. The molecule has 1 aromatic rings. The molecule has 0 radical (unpaired) electrons. The number of fused-ring (bicyclic) bond motifs is 3. The highest BCUT2D eigenvalue weighted by Crippen LogP contribution is 2.50. The van der Waals surface area contributed by atoms with E-state index in [2.05, 4.69) is 6.92 Å². The number of aliphatic hydroxyl groups is 3. The molecule has 4 unspecified atom stereocenters. The summed E-state index contributed by atoms with van der Waals surface area (Å²) in [5, 5.41) is 45.0. The number of unbranched alkanes of at least 4 members (excludes halogenated alkanes) is 3. The Morgan fingerprint density at radius 1 is 1.13 bits per heavy atom. The molecule has 6 atom stereocenters. The number of carbonyl (C=O) groups excluding carboxylic acids is 4. The Morgan fingerprint density at radius 2 is 1.89 bits per heavy atom. The van der Waals surface area contributed by atoms with Crippen LogP contribution in [0.15, 0.2) is 71.4 Å². The van der Waals surface area contributed by atoms with Crippen molar-refractivity contribution in [1.82, 2.24) is 0 Å². The minimum absolute atomic E-state index is 0.0847. The number of benzene rings is 1. The number of Topliss-reactive ketones (excluding diaryl/α,β-unsaturated/α-hetero) is 2. The molecule has 1 saturated heterocycles. The lowest BCUT2D eigenvalue weighted by molar-refractivity contribution is -0.190. The maximum Gasteiger partial charge on any atom is 0.331 e. The van der Waals surface area contributed by atoms with Crippen LogP contribution in [0, 0.1) is 0 Å². The van der Waals surface area contributed by atoms with Crippen LogP contribution < -0.4 is 0 Å². The third-order valence-electron chi connectivity index (χ3n) is 8.95. The van der Waals surface area contributed by atoms with E-state index >= 15 is 0 Å². The number of aliphatic hydroxyl groups excluding tert-OH is 1. The van der Waals surface area contributed by atoms with E-state index in [1.807, 2.05) is 6.08 Å². The number of ether oxygens (including phenoxy) is 2. The number of phenolic OH excluding ortho intramolecular Hbond substituents is 1. The van der Waals surface area contributed by atoms with Crippen LogP contribution in [0.2, 0.25) is 0 Å². The van der Waals surface area contributed by atoms with Gasteiger partial charge in [0.25, 0.3) is 0 Å². The molecule has 238 valence electrons. The highest BCUT2D eigenvalue weighted by molar-refractivity contribution is 6.32. The highest BCUT2D eigenvalue weighted by Gasteiger charge is 2.62. The Hall–Kier alpha value is -3.96. The maximum absolute atomic E-state index is 13.7. The van der Waals surface area contributed by atoms with Crippen LogP contribution in [0.3, 0.4) is 0 Å². The van der Waals surface area contributed by atoms with Gasteiger partial charge < -0.3 is 29.9 Å². The van der Waals surface area contributed by atoms with Gasteiger partial charge >= 0.3 is 5.97 Å². The number of carbonyl (C=O) groups is 4. The van der Waals surface area contributed by atoms with Gasteiger partial charge in [-0.15, -0.1) is 0 Å². The first kappa shape index (κ1) is 32.4. The zero-order valence-corrected chi connectivity index (χ0v) is 25.5. The van der Waals surface area contributed by atoms with Gasteiger partial charge in [0, 0.05) is 35.6 Å². The summed E-state index contributed by atoms with van der Waals surface area (Å²) in [6.07, 6.45) is 10.2. The van der Waals surface area contributed by atoms with E-state index in [0.717, 1.165) is 37.8 Å². The fourth-order valence-electron chi connectivity index (χ4n) is 6.62. The van der Waals surface area contributed by atoms with E-state index in [1.165, 1.54) is 24.3 Å². The summed E-state index contributed by atoms with van der Waals surface area (Å²) in [5.41, 5.74) is -5.58. The van der Waals surface area contributed by atoms with Gasteiger partial charge in [0.15, 0.2) is 29.1 Å². The van der Waals surface area contributed by atoms with Gasteiger partial charge in [-0.3, -0.25) is 14.4 Å². The molecule has 0 spiro atoms. The molecule has 1 aromatic carbocycles. The molecule has 10 heteroatoms. The van der Waals surface area contributed by atoms with Crippen molar-refractivity contribution in [2.24, 2.45) is 0 Å². The van der Waals surface area contributed by atoms with Crippen molar-refractivity contribution in [3.05, 3.63) is 88.1 Å². The van der Waals surface area contributed by atoms with Gasteiger partial charge in [-0.2, -0.15) is 0 Å². The predicted molar refractivity (Wildman–Crippen MR) is 162 cm³/mol. The second-order valence-corrected chi connectivity index (χ2v) is 12.2. The molecule has 1 aliphatic heterocycles. The van der Waals surface area contributed by atoms with E-state index in [9.17, 15) is 39.6 Å². The normalized spacial score (nSPS) is 31.2. The molecule has 0 aromatic heterocycles. The van der Waals surface area contributed by atoms with E-state index in [4.69, 9.17) is 9.47 Å². The fraction of sp³-hybridized carbons (Fsp3) is 0.429. The summed E-state index contributed by atoms with van der Waals surface area (Å²) in [6, 6.07) is 2.66. The van der Waals surface area contributed by atoms with Crippen LogP contribution in [-0.4, -0.2) is 73.3 Å². The van der Waals surface area contributed by atoms with E-state index in [0.29, 0.717) is 5.57 Å². The molecule has 5 rings (SSSR count). The van der Waals surface area contributed by atoms with Gasteiger partial charge in [0.05, 0.1) is 29.4 Å². The average molecular weight is 619 g/mol. The monoisotopic (exact) mass is 618 g/mol. The average Bonchev–Trinajstić information content (AvgIpc) is 2.97. The summed E-state index contributed by atoms with van der Waals surface area (Å²) in [7, 11) is 0. The van der Waals surface area contributed by atoms with Gasteiger partial charge in [0.1, 0.15) is 11.4 Å². The minimum atomic E-state index is -2.67. The van der Waals surface area contributed by atoms with Crippen molar-refractivity contribution in [2.75, 3.05) is 0 Å². The van der Waals surface area contributed by atoms with Gasteiger partial charge in [-0.25, -0.2) is 4.79 Å². The fourth-order valence-corrected chi connectivity index (χ4v) is 6.62. The summed E-state index contributed by atoms with van der Waals surface area (Å²) < 4.78 is 11.5. The summed E-state index contributed by atoms with van der Waals surface area (Å²) in [5.74, 6) is -3.79. The summed E-state index contributed by atoms with van der Waals surface area (Å²) in [4.78, 5) is 52.9. The van der Waals surface area contributed by atoms with Crippen molar-refractivity contribution in [3.63, 3.8) is 0 Å². The van der Waals surface area contributed by atoms with Crippen LogP contribution in [0.1, 0.15) is 91.7 Å². The Morgan fingerprint density at radius 3 is 2.60 bits per heavy atom. The Balaban J connectivity index is 1.35. The zero-order chi connectivity index (χ0) is 32.7. The van der Waals surface area contributed by atoms with E-state index in [1.54, 1.807) is 26.0 Å². The molecule has 10 nitrogen and oxygen atoms in total. The lowest BCUT2D eigenvalue weighted by Crippen LogP contribution is -2.64. The molecule has 4 aliphatic rings. The van der Waals surface area contributed by atoms with Gasteiger partial charge in [-0.1, -0.05) is 55.7 Å². The Bertz CT molecular complexity index is 1580. The molecule has 1 fully saturated rings. The van der Waals surface area contributed by atoms with Gasteiger partial charge in [-0.05, 0) is 44.9 Å². The zero-order valence-electron chi connectivity index (χ0n) is 25.5. The number of esters is 1. The van der Waals surface area contributed by atoms with Crippen LogP contribution in [-0.2, 0) is 19.1 Å². The Kier molecular flexibility index (Phi) is 8.97. The predicted octanol–water partition coefficient (Wildman–Crippen LogP) is 3.83. The molecule has 0 bridgehead atoms. The first-order chi connectivity index (χ1) is 21.3. The SMILES string of the molecule is CCCCC/C=C/C=C/C(=O)OC1C(O)CC(c2ccc3c(c2O)C(=O)C2=C(C3=O)[C@]3(O)C(=O)C=C(C)C[C@]3(O)C=C2)OC1C. The molecule has 1 heterocycles. The first-order valence-electron chi connectivity index (χ1n) is 15.3. The summed E-state index contributed by atoms with van der Waals surface area (Å²) in [6.45, 7) is 5.34. The molecule has 0 saturated carbocycles. The lowest BCUT2D eigenvalue weighted by atomic mass is 9.60. The smallest absolute Gasteiger partial charge is 0.331 e. The van der Waals surface area contributed by atoms with Crippen LogP contribution in [0.25, 0.3) is 0 Å². The molecular weight excluding hydrogens is 580 g/mol. The number of ketones is 3. The minimum Gasteiger partial charge on any atom is -0.507 e. The van der Waals surface area contributed by atoms with Crippen molar-refractivity contribution < 1.29 is 49.1 Å². The van der Waals surface area contributed by atoms with Crippen LogP contribution >= 0.6 is 0 Å². The quantitative estimate of drug-likeness (QED) is 0.145.